The first-order valence-electron chi connectivity index (χ1n) is 5.12. The SMILES string of the molecule is N#Cc1ccc(CNS(=O)(=O)NCC(F)(F)F)c(F)c1. The summed E-state index contributed by atoms with van der Waals surface area (Å²) >= 11 is 0. The highest BCUT2D eigenvalue weighted by atomic mass is 32.2. The second-order valence-corrected chi connectivity index (χ2v) is 5.26. The Hall–Kier alpha value is -1.70. The summed E-state index contributed by atoms with van der Waals surface area (Å²) in [6.45, 7) is -2.26. The molecule has 1 aromatic rings. The number of hydrogen-bond acceptors (Lipinski definition) is 3. The van der Waals surface area contributed by atoms with Crippen molar-refractivity contribution < 1.29 is 26.0 Å². The van der Waals surface area contributed by atoms with Crippen molar-refractivity contribution in [1.82, 2.24) is 9.44 Å². The molecule has 0 spiro atoms. The molecule has 0 bridgehead atoms. The molecule has 0 radical (unpaired) electrons. The lowest BCUT2D eigenvalue weighted by Gasteiger charge is -2.10. The van der Waals surface area contributed by atoms with Gasteiger partial charge in [-0.05, 0) is 12.1 Å². The number of nitriles is 1. The third-order valence-electron chi connectivity index (χ3n) is 2.10. The Balaban J connectivity index is 2.65. The van der Waals surface area contributed by atoms with Crippen molar-refractivity contribution >= 4 is 10.2 Å². The zero-order chi connectivity index (χ0) is 15.4. The Morgan fingerprint density at radius 1 is 1.25 bits per heavy atom. The minimum absolute atomic E-state index is 0.0457. The molecule has 2 N–H and O–H groups in total. The Kier molecular flexibility index (Phi) is 5.04. The summed E-state index contributed by atoms with van der Waals surface area (Å²) in [5.74, 6) is -0.831. The standard InChI is InChI=1S/C10H9F4N3O2S/c11-9-3-7(4-15)1-2-8(9)5-16-20(18,19)17-6-10(12,13)14/h1-3,16-17H,5-6H2. The van der Waals surface area contributed by atoms with Gasteiger partial charge in [-0.3, -0.25) is 0 Å². The summed E-state index contributed by atoms with van der Waals surface area (Å²) in [6.07, 6.45) is -4.69. The van der Waals surface area contributed by atoms with E-state index in [1.165, 1.54) is 16.9 Å². The van der Waals surface area contributed by atoms with E-state index in [0.717, 1.165) is 6.07 Å². The molecule has 1 aromatic carbocycles. The summed E-state index contributed by atoms with van der Waals surface area (Å²) in [7, 11) is -4.40. The Morgan fingerprint density at radius 3 is 2.40 bits per heavy atom. The summed E-state index contributed by atoms with van der Waals surface area (Å²) < 4.78 is 74.4. The fourth-order valence-corrected chi connectivity index (χ4v) is 1.96. The van der Waals surface area contributed by atoms with Crippen molar-refractivity contribution in [3.05, 3.63) is 35.1 Å². The molecular formula is C10H9F4N3O2S. The molecule has 0 saturated carbocycles. The van der Waals surface area contributed by atoms with Crippen LogP contribution >= 0.6 is 0 Å². The quantitative estimate of drug-likeness (QED) is 0.801. The predicted octanol–water partition coefficient (Wildman–Crippen LogP) is 1.18. The van der Waals surface area contributed by atoms with Crippen LogP contribution in [0.3, 0.4) is 0 Å². The van der Waals surface area contributed by atoms with Gasteiger partial charge in [0, 0.05) is 12.1 Å². The minimum atomic E-state index is -4.69. The molecule has 0 unspecified atom stereocenters. The van der Waals surface area contributed by atoms with Crippen molar-refractivity contribution in [2.24, 2.45) is 0 Å². The van der Waals surface area contributed by atoms with Crippen LogP contribution in [0.2, 0.25) is 0 Å². The minimum Gasteiger partial charge on any atom is -0.207 e. The fourth-order valence-electron chi connectivity index (χ4n) is 1.16. The van der Waals surface area contributed by atoms with Crippen molar-refractivity contribution in [3.63, 3.8) is 0 Å². The van der Waals surface area contributed by atoms with Gasteiger partial charge in [-0.2, -0.15) is 36.3 Å². The molecule has 0 atom stereocenters. The zero-order valence-electron chi connectivity index (χ0n) is 9.83. The molecule has 0 aliphatic rings. The molecule has 0 saturated heterocycles. The maximum atomic E-state index is 13.4. The number of rotatable bonds is 5. The third-order valence-corrected chi connectivity index (χ3v) is 3.15. The Morgan fingerprint density at radius 2 is 1.90 bits per heavy atom. The van der Waals surface area contributed by atoms with Crippen LogP contribution in [0.5, 0.6) is 0 Å². The molecule has 110 valence electrons. The van der Waals surface area contributed by atoms with E-state index >= 15 is 0 Å². The first-order chi connectivity index (χ1) is 9.13. The number of hydrogen-bond donors (Lipinski definition) is 2. The molecule has 10 heteroatoms. The van der Waals surface area contributed by atoms with Crippen LogP contribution in [0.1, 0.15) is 11.1 Å². The van der Waals surface area contributed by atoms with E-state index in [0.29, 0.717) is 0 Å². The second-order valence-electron chi connectivity index (χ2n) is 3.68. The van der Waals surface area contributed by atoms with E-state index in [9.17, 15) is 26.0 Å². The van der Waals surface area contributed by atoms with Crippen molar-refractivity contribution in [2.45, 2.75) is 12.7 Å². The van der Waals surface area contributed by atoms with Crippen molar-refractivity contribution in [3.8, 4) is 6.07 Å². The lowest BCUT2D eigenvalue weighted by molar-refractivity contribution is -0.121. The highest BCUT2D eigenvalue weighted by Gasteiger charge is 2.29. The maximum Gasteiger partial charge on any atom is 0.402 e. The monoisotopic (exact) mass is 311 g/mol. The molecule has 20 heavy (non-hydrogen) atoms. The molecule has 0 aliphatic heterocycles. The van der Waals surface area contributed by atoms with Gasteiger partial charge in [0.15, 0.2) is 0 Å². The zero-order valence-corrected chi connectivity index (χ0v) is 10.6. The third kappa shape index (κ3) is 5.52. The fraction of sp³-hybridized carbons (Fsp3) is 0.300. The van der Waals surface area contributed by atoms with Gasteiger partial charge in [0.1, 0.15) is 12.4 Å². The summed E-state index contributed by atoms with van der Waals surface area (Å²) in [4.78, 5) is 0. The first kappa shape index (κ1) is 16.4. The van der Waals surface area contributed by atoms with Crippen LogP contribution in [-0.4, -0.2) is 21.1 Å². The first-order valence-corrected chi connectivity index (χ1v) is 6.61. The van der Waals surface area contributed by atoms with Crippen LogP contribution in [-0.2, 0) is 16.8 Å². The molecule has 0 heterocycles. The maximum absolute atomic E-state index is 13.4. The molecule has 1 rings (SSSR count). The lowest BCUT2D eigenvalue weighted by atomic mass is 10.1. The van der Waals surface area contributed by atoms with E-state index in [4.69, 9.17) is 5.26 Å². The average molecular weight is 311 g/mol. The van der Waals surface area contributed by atoms with E-state index < -0.39 is 35.3 Å². The topological polar surface area (TPSA) is 82.0 Å². The van der Waals surface area contributed by atoms with Gasteiger partial charge in [-0.1, -0.05) is 6.07 Å². The van der Waals surface area contributed by atoms with Crippen LogP contribution in [0.25, 0.3) is 0 Å². The van der Waals surface area contributed by atoms with Gasteiger partial charge in [0.2, 0.25) is 0 Å². The highest BCUT2D eigenvalue weighted by Crippen LogP contribution is 2.13. The van der Waals surface area contributed by atoms with Crippen LogP contribution in [0.15, 0.2) is 18.2 Å². The summed E-state index contributed by atoms with van der Waals surface area (Å²) in [5.41, 5.74) is -0.0503. The number of nitrogens with one attached hydrogen (secondary N) is 2. The lowest BCUT2D eigenvalue weighted by Crippen LogP contribution is -2.41. The molecular weight excluding hydrogens is 302 g/mol. The van der Waals surface area contributed by atoms with Gasteiger partial charge >= 0.3 is 6.18 Å². The van der Waals surface area contributed by atoms with E-state index in [2.05, 4.69) is 0 Å². The molecule has 0 aromatic heterocycles. The van der Waals surface area contributed by atoms with E-state index in [-0.39, 0.29) is 11.1 Å². The Labute approximate surface area is 112 Å². The number of benzene rings is 1. The molecule has 0 fully saturated rings. The smallest absolute Gasteiger partial charge is 0.207 e. The van der Waals surface area contributed by atoms with Crippen molar-refractivity contribution in [2.75, 3.05) is 6.54 Å². The molecule has 0 amide bonds. The average Bonchev–Trinajstić information content (AvgIpc) is 2.34. The Bertz CT molecular complexity index is 622. The summed E-state index contributed by atoms with van der Waals surface area (Å²) in [6, 6.07) is 5.01. The number of nitrogens with zero attached hydrogens (tertiary/aromatic N) is 1. The van der Waals surface area contributed by atoms with Gasteiger partial charge in [0.25, 0.3) is 10.2 Å². The van der Waals surface area contributed by atoms with Gasteiger partial charge in [-0.25, -0.2) is 4.39 Å². The van der Waals surface area contributed by atoms with Gasteiger partial charge < -0.3 is 0 Å². The molecule has 0 aliphatic carbocycles. The predicted molar refractivity (Wildman–Crippen MR) is 60.9 cm³/mol. The van der Waals surface area contributed by atoms with Crippen LogP contribution in [0, 0.1) is 17.1 Å². The van der Waals surface area contributed by atoms with Crippen molar-refractivity contribution in [1.29, 1.82) is 5.26 Å². The largest absolute Gasteiger partial charge is 0.402 e. The second kappa shape index (κ2) is 6.17. The summed E-state index contributed by atoms with van der Waals surface area (Å²) in [5, 5.41) is 8.51. The number of alkyl halides is 3. The normalized spacial score (nSPS) is 12.2. The van der Waals surface area contributed by atoms with E-state index in [1.807, 2.05) is 0 Å². The van der Waals surface area contributed by atoms with Crippen LogP contribution in [0.4, 0.5) is 17.6 Å². The van der Waals surface area contributed by atoms with Crippen LogP contribution < -0.4 is 9.44 Å². The van der Waals surface area contributed by atoms with Gasteiger partial charge in [0.05, 0.1) is 11.6 Å². The van der Waals surface area contributed by atoms with Gasteiger partial charge in [-0.15, -0.1) is 0 Å². The molecule has 5 nitrogen and oxygen atoms in total. The number of halogens is 4. The highest BCUT2D eigenvalue weighted by molar-refractivity contribution is 7.87. The van der Waals surface area contributed by atoms with E-state index in [1.54, 1.807) is 10.8 Å².